The van der Waals surface area contributed by atoms with E-state index in [2.05, 4.69) is 20.5 Å². The first kappa shape index (κ1) is 17.6. The van der Waals surface area contributed by atoms with E-state index in [0.29, 0.717) is 23.9 Å². The molecular weight excluding hydrogens is 316 g/mol. The minimum Gasteiger partial charge on any atom is -0.441 e. The molecule has 0 unspecified atom stereocenters. The molecule has 0 radical (unpaired) electrons. The molecule has 2 heterocycles. The van der Waals surface area contributed by atoms with Gasteiger partial charge in [-0.05, 0) is 32.0 Å². The Balaban J connectivity index is 1.44. The fourth-order valence-electron chi connectivity index (χ4n) is 2.98. The lowest BCUT2D eigenvalue weighted by Gasteiger charge is -2.27. The van der Waals surface area contributed by atoms with Crippen molar-refractivity contribution >= 4 is 5.91 Å². The van der Waals surface area contributed by atoms with Gasteiger partial charge < -0.3 is 20.0 Å². The second-order valence-corrected chi connectivity index (χ2v) is 6.36. The maximum atomic E-state index is 12.1. The van der Waals surface area contributed by atoms with Crippen LogP contribution in [0, 0.1) is 6.92 Å². The Morgan fingerprint density at radius 2 is 2.04 bits per heavy atom. The van der Waals surface area contributed by atoms with Gasteiger partial charge in [0.2, 0.25) is 11.8 Å². The van der Waals surface area contributed by atoms with Gasteiger partial charge in [-0.3, -0.25) is 4.79 Å². The zero-order valence-corrected chi connectivity index (χ0v) is 14.8. The van der Waals surface area contributed by atoms with E-state index in [-0.39, 0.29) is 12.3 Å². The summed E-state index contributed by atoms with van der Waals surface area (Å²) in [5, 5.41) is 6.33. The van der Waals surface area contributed by atoms with E-state index in [1.165, 1.54) is 0 Å². The first-order valence-electron chi connectivity index (χ1n) is 8.94. The van der Waals surface area contributed by atoms with Gasteiger partial charge in [-0.1, -0.05) is 18.2 Å². The van der Waals surface area contributed by atoms with Crippen molar-refractivity contribution in [2.75, 3.05) is 39.3 Å². The van der Waals surface area contributed by atoms with Crippen LogP contribution in [0.2, 0.25) is 0 Å². The van der Waals surface area contributed by atoms with Gasteiger partial charge in [0.25, 0.3) is 0 Å². The summed E-state index contributed by atoms with van der Waals surface area (Å²) in [7, 11) is 0. The van der Waals surface area contributed by atoms with E-state index in [1.807, 2.05) is 37.3 Å². The molecular formula is C19H26N4O2. The van der Waals surface area contributed by atoms with Crippen LogP contribution < -0.4 is 10.6 Å². The van der Waals surface area contributed by atoms with Crippen LogP contribution in [0.1, 0.15) is 17.9 Å². The molecule has 1 aliphatic heterocycles. The molecule has 1 aromatic heterocycles. The monoisotopic (exact) mass is 342 g/mol. The van der Waals surface area contributed by atoms with Crippen molar-refractivity contribution in [2.45, 2.75) is 19.8 Å². The van der Waals surface area contributed by atoms with Crippen molar-refractivity contribution in [1.29, 1.82) is 0 Å². The third-order valence-corrected chi connectivity index (χ3v) is 4.42. The van der Waals surface area contributed by atoms with Gasteiger partial charge in [-0.25, -0.2) is 4.98 Å². The number of oxazole rings is 1. The van der Waals surface area contributed by atoms with Crippen LogP contribution in [0.15, 0.2) is 34.7 Å². The standard InChI is InChI=1S/C19H26N4O2/c1-15-17(22-19(25-15)16-6-3-2-4-7-16)14-18(24)21-8-5-11-23-12-9-20-10-13-23/h2-4,6-7,20H,5,8-14H2,1H3,(H,21,24). The second kappa shape index (κ2) is 8.78. The number of carbonyl (C=O) groups is 1. The summed E-state index contributed by atoms with van der Waals surface area (Å²) >= 11 is 0. The summed E-state index contributed by atoms with van der Waals surface area (Å²) in [6.45, 7) is 7.88. The first-order chi connectivity index (χ1) is 12.2. The topological polar surface area (TPSA) is 70.4 Å². The summed E-state index contributed by atoms with van der Waals surface area (Å²) in [6.07, 6.45) is 1.23. The molecule has 1 saturated heterocycles. The van der Waals surface area contributed by atoms with Crippen LogP contribution in [0.4, 0.5) is 0 Å². The molecule has 2 N–H and O–H groups in total. The van der Waals surface area contributed by atoms with Crippen molar-refractivity contribution in [2.24, 2.45) is 0 Å². The minimum absolute atomic E-state index is 0.00341. The van der Waals surface area contributed by atoms with Crippen LogP contribution in [-0.2, 0) is 11.2 Å². The number of benzene rings is 1. The molecule has 1 aliphatic rings. The zero-order chi connectivity index (χ0) is 17.5. The molecule has 6 nitrogen and oxygen atoms in total. The number of aryl methyl sites for hydroxylation is 1. The maximum Gasteiger partial charge on any atom is 0.226 e. The Labute approximate surface area is 148 Å². The lowest BCUT2D eigenvalue weighted by atomic mass is 10.2. The number of amides is 1. The Morgan fingerprint density at radius 1 is 1.28 bits per heavy atom. The van der Waals surface area contributed by atoms with Gasteiger partial charge in [0.15, 0.2) is 0 Å². The third kappa shape index (κ3) is 5.14. The summed E-state index contributed by atoms with van der Waals surface area (Å²) < 4.78 is 5.70. The highest BCUT2D eigenvalue weighted by Gasteiger charge is 2.14. The SMILES string of the molecule is Cc1oc(-c2ccccc2)nc1CC(=O)NCCCN1CCNCC1. The summed E-state index contributed by atoms with van der Waals surface area (Å²) in [5.41, 5.74) is 1.63. The van der Waals surface area contributed by atoms with E-state index in [9.17, 15) is 4.79 Å². The summed E-state index contributed by atoms with van der Waals surface area (Å²) in [4.78, 5) is 19.1. The second-order valence-electron chi connectivity index (χ2n) is 6.36. The summed E-state index contributed by atoms with van der Waals surface area (Å²) in [6, 6.07) is 9.74. The quantitative estimate of drug-likeness (QED) is 0.748. The highest BCUT2D eigenvalue weighted by atomic mass is 16.4. The predicted molar refractivity (Wildman–Crippen MR) is 97.3 cm³/mol. The number of aromatic nitrogens is 1. The zero-order valence-electron chi connectivity index (χ0n) is 14.8. The molecule has 0 spiro atoms. The molecule has 134 valence electrons. The number of nitrogens with zero attached hydrogens (tertiary/aromatic N) is 2. The van der Waals surface area contributed by atoms with E-state index in [4.69, 9.17) is 4.42 Å². The fourth-order valence-corrected chi connectivity index (χ4v) is 2.98. The molecule has 6 heteroatoms. The van der Waals surface area contributed by atoms with Gasteiger partial charge in [0, 0.05) is 38.3 Å². The predicted octanol–water partition coefficient (Wildman–Crippen LogP) is 1.60. The number of nitrogens with one attached hydrogen (secondary N) is 2. The first-order valence-corrected chi connectivity index (χ1v) is 8.94. The smallest absolute Gasteiger partial charge is 0.226 e. The molecule has 2 aromatic rings. The Bertz CT molecular complexity index is 678. The molecule has 1 aromatic carbocycles. The van der Waals surface area contributed by atoms with Gasteiger partial charge in [0.05, 0.1) is 12.1 Å². The number of rotatable bonds is 7. The molecule has 1 fully saturated rings. The van der Waals surface area contributed by atoms with Crippen molar-refractivity contribution < 1.29 is 9.21 Å². The van der Waals surface area contributed by atoms with Gasteiger partial charge >= 0.3 is 0 Å². The molecule has 0 aliphatic carbocycles. The molecule has 25 heavy (non-hydrogen) atoms. The molecule has 3 rings (SSSR count). The average molecular weight is 342 g/mol. The maximum absolute atomic E-state index is 12.1. The normalized spacial score (nSPS) is 15.2. The lowest BCUT2D eigenvalue weighted by molar-refractivity contribution is -0.120. The van der Waals surface area contributed by atoms with E-state index >= 15 is 0 Å². The van der Waals surface area contributed by atoms with Crippen molar-refractivity contribution in [3.63, 3.8) is 0 Å². The van der Waals surface area contributed by atoms with Crippen LogP contribution in [0.3, 0.4) is 0 Å². The van der Waals surface area contributed by atoms with Gasteiger partial charge in [-0.2, -0.15) is 0 Å². The number of piperazine rings is 1. The van der Waals surface area contributed by atoms with Crippen molar-refractivity contribution in [3.8, 4) is 11.5 Å². The molecule has 0 atom stereocenters. The Hall–Kier alpha value is -2.18. The van der Waals surface area contributed by atoms with Crippen LogP contribution in [0.5, 0.6) is 0 Å². The largest absolute Gasteiger partial charge is 0.441 e. The third-order valence-electron chi connectivity index (χ3n) is 4.42. The van der Waals surface area contributed by atoms with E-state index in [0.717, 1.165) is 44.7 Å². The number of hydrogen-bond acceptors (Lipinski definition) is 5. The molecule has 0 bridgehead atoms. The molecule has 0 saturated carbocycles. The van der Waals surface area contributed by atoms with Gasteiger partial charge in [-0.15, -0.1) is 0 Å². The number of hydrogen-bond donors (Lipinski definition) is 2. The lowest BCUT2D eigenvalue weighted by Crippen LogP contribution is -2.44. The average Bonchev–Trinajstić information content (AvgIpc) is 3.01. The van der Waals surface area contributed by atoms with Crippen LogP contribution >= 0.6 is 0 Å². The van der Waals surface area contributed by atoms with Gasteiger partial charge in [0.1, 0.15) is 5.76 Å². The highest BCUT2D eigenvalue weighted by Crippen LogP contribution is 2.21. The van der Waals surface area contributed by atoms with Crippen LogP contribution in [0.25, 0.3) is 11.5 Å². The number of carbonyl (C=O) groups excluding carboxylic acids is 1. The van der Waals surface area contributed by atoms with E-state index in [1.54, 1.807) is 0 Å². The fraction of sp³-hybridized carbons (Fsp3) is 0.474. The molecule has 1 amide bonds. The van der Waals surface area contributed by atoms with Crippen molar-refractivity contribution in [3.05, 3.63) is 41.8 Å². The van der Waals surface area contributed by atoms with E-state index < -0.39 is 0 Å². The highest BCUT2D eigenvalue weighted by molar-refractivity contribution is 5.78. The Kier molecular flexibility index (Phi) is 6.19. The van der Waals surface area contributed by atoms with Crippen molar-refractivity contribution in [1.82, 2.24) is 20.5 Å². The minimum atomic E-state index is -0.00341. The Morgan fingerprint density at radius 3 is 2.80 bits per heavy atom. The summed E-state index contributed by atoms with van der Waals surface area (Å²) in [5.74, 6) is 1.27. The van der Waals surface area contributed by atoms with Crippen LogP contribution in [-0.4, -0.2) is 55.1 Å².